The van der Waals surface area contributed by atoms with Crippen LogP contribution in [0.2, 0.25) is 5.02 Å². The summed E-state index contributed by atoms with van der Waals surface area (Å²) in [7, 11) is 0. The molecule has 4 nitrogen and oxygen atoms in total. The second-order valence-corrected chi connectivity index (χ2v) is 5.73. The van der Waals surface area contributed by atoms with E-state index in [1.165, 1.54) is 0 Å². The van der Waals surface area contributed by atoms with Gasteiger partial charge >= 0.3 is 5.97 Å². The number of rotatable bonds is 3. The van der Waals surface area contributed by atoms with Gasteiger partial charge in [-0.1, -0.05) is 17.7 Å². The molecule has 3 aromatic rings. The summed E-state index contributed by atoms with van der Waals surface area (Å²) in [5.41, 5.74) is 1.49. The van der Waals surface area contributed by atoms with Crippen LogP contribution in [0.15, 0.2) is 51.7 Å². The first kappa shape index (κ1) is 16.3. The average Bonchev–Trinajstić information content (AvgIpc) is 2.58. The van der Waals surface area contributed by atoms with Crippen molar-refractivity contribution in [3.8, 4) is 11.3 Å². The highest BCUT2D eigenvalue weighted by Crippen LogP contribution is 2.28. The van der Waals surface area contributed by atoms with Gasteiger partial charge in [-0.3, -0.25) is 4.79 Å². The Bertz CT molecular complexity index is 971. The SMILES string of the molecule is CCOC(=O)c1cccc2c(=O)c(C)c(-c3ccc(Cl)cc3)oc12. The standard InChI is InChI=1S/C19H15ClO4/c1-3-23-19(22)15-6-4-5-14-16(21)11(2)17(24-18(14)15)12-7-9-13(20)10-8-12/h4-10H,3H2,1-2H3. The number of para-hydroxylation sites is 1. The second kappa shape index (κ2) is 6.49. The van der Waals surface area contributed by atoms with Crippen LogP contribution in [0.4, 0.5) is 0 Å². The molecule has 0 aliphatic carbocycles. The fourth-order valence-electron chi connectivity index (χ4n) is 2.56. The highest BCUT2D eigenvalue weighted by atomic mass is 35.5. The molecule has 0 saturated carbocycles. The third-order valence-corrected chi connectivity index (χ3v) is 4.00. The Morgan fingerprint density at radius 1 is 1.17 bits per heavy atom. The first-order valence-corrected chi connectivity index (χ1v) is 7.90. The number of fused-ring (bicyclic) bond motifs is 1. The summed E-state index contributed by atoms with van der Waals surface area (Å²) >= 11 is 5.91. The fourth-order valence-corrected chi connectivity index (χ4v) is 2.68. The van der Waals surface area contributed by atoms with Gasteiger partial charge in [0.15, 0.2) is 11.0 Å². The van der Waals surface area contributed by atoms with E-state index in [9.17, 15) is 9.59 Å². The second-order valence-electron chi connectivity index (χ2n) is 5.29. The van der Waals surface area contributed by atoms with Crippen molar-refractivity contribution in [2.75, 3.05) is 6.61 Å². The molecule has 0 N–H and O–H groups in total. The van der Waals surface area contributed by atoms with Crippen LogP contribution >= 0.6 is 11.6 Å². The van der Waals surface area contributed by atoms with Crippen molar-refractivity contribution in [3.63, 3.8) is 0 Å². The number of carbonyl (C=O) groups excluding carboxylic acids is 1. The molecule has 122 valence electrons. The van der Waals surface area contributed by atoms with Crippen LogP contribution in [0.25, 0.3) is 22.3 Å². The van der Waals surface area contributed by atoms with Crippen LogP contribution in [0, 0.1) is 6.92 Å². The topological polar surface area (TPSA) is 56.5 Å². The number of hydrogen-bond donors (Lipinski definition) is 0. The van der Waals surface area contributed by atoms with Crippen LogP contribution in [-0.2, 0) is 4.74 Å². The molecule has 2 aromatic carbocycles. The summed E-state index contributed by atoms with van der Waals surface area (Å²) < 4.78 is 11.0. The summed E-state index contributed by atoms with van der Waals surface area (Å²) in [6, 6.07) is 11.9. The van der Waals surface area contributed by atoms with E-state index < -0.39 is 5.97 Å². The van der Waals surface area contributed by atoms with Crippen molar-refractivity contribution in [3.05, 3.63) is 68.8 Å². The van der Waals surface area contributed by atoms with Gasteiger partial charge in [-0.25, -0.2) is 4.79 Å². The molecule has 0 saturated heterocycles. The van der Waals surface area contributed by atoms with E-state index in [1.807, 2.05) is 0 Å². The highest BCUT2D eigenvalue weighted by Gasteiger charge is 2.18. The van der Waals surface area contributed by atoms with Gasteiger partial charge in [-0.05, 0) is 50.2 Å². The summed E-state index contributed by atoms with van der Waals surface area (Å²) in [6.45, 7) is 3.67. The number of ether oxygens (including phenoxy) is 1. The Kier molecular flexibility index (Phi) is 4.40. The van der Waals surface area contributed by atoms with Crippen molar-refractivity contribution in [1.82, 2.24) is 0 Å². The van der Waals surface area contributed by atoms with Crippen LogP contribution in [0.1, 0.15) is 22.8 Å². The molecule has 0 aliphatic rings. The Hall–Kier alpha value is -2.59. The maximum absolute atomic E-state index is 12.7. The van der Waals surface area contributed by atoms with E-state index in [-0.39, 0.29) is 23.2 Å². The normalized spacial score (nSPS) is 10.8. The summed E-state index contributed by atoms with van der Waals surface area (Å²) in [5.74, 6) is -0.0990. The molecule has 0 fully saturated rings. The lowest BCUT2D eigenvalue weighted by Gasteiger charge is -2.10. The first-order valence-electron chi connectivity index (χ1n) is 7.52. The first-order chi connectivity index (χ1) is 11.5. The zero-order valence-corrected chi connectivity index (χ0v) is 14.0. The maximum Gasteiger partial charge on any atom is 0.341 e. The molecule has 5 heteroatoms. The lowest BCUT2D eigenvalue weighted by molar-refractivity contribution is 0.0527. The van der Waals surface area contributed by atoms with Crippen molar-refractivity contribution in [1.29, 1.82) is 0 Å². The molecule has 24 heavy (non-hydrogen) atoms. The predicted molar refractivity (Wildman–Crippen MR) is 93.6 cm³/mol. The van der Waals surface area contributed by atoms with Gasteiger partial charge in [0.1, 0.15) is 11.3 Å². The molecule has 3 rings (SSSR count). The van der Waals surface area contributed by atoms with Gasteiger partial charge in [0.25, 0.3) is 0 Å². The van der Waals surface area contributed by atoms with Crippen molar-refractivity contribution in [2.45, 2.75) is 13.8 Å². The molecule has 1 heterocycles. The molecule has 1 aromatic heterocycles. The van der Waals surface area contributed by atoms with E-state index in [4.69, 9.17) is 20.8 Å². The van der Waals surface area contributed by atoms with E-state index in [2.05, 4.69) is 0 Å². The Morgan fingerprint density at radius 3 is 2.54 bits per heavy atom. The molecule has 0 bridgehead atoms. The quantitative estimate of drug-likeness (QED) is 0.653. The monoisotopic (exact) mass is 342 g/mol. The Labute approximate surface area is 143 Å². The molecule has 0 atom stereocenters. The van der Waals surface area contributed by atoms with E-state index in [0.29, 0.717) is 21.7 Å². The van der Waals surface area contributed by atoms with E-state index >= 15 is 0 Å². The Balaban J connectivity index is 2.30. The molecule has 0 spiro atoms. The Morgan fingerprint density at radius 2 is 1.88 bits per heavy atom. The number of carbonyl (C=O) groups is 1. The summed E-state index contributed by atoms with van der Waals surface area (Å²) in [6.07, 6.45) is 0. The van der Waals surface area contributed by atoms with Crippen LogP contribution < -0.4 is 5.43 Å². The minimum Gasteiger partial charge on any atom is -0.462 e. The number of esters is 1. The molecule has 0 unspecified atom stereocenters. The fraction of sp³-hybridized carbons (Fsp3) is 0.158. The smallest absolute Gasteiger partial charge is 0.341 e. The summed E-state index contributed by atoms with van der Waals surface area (Å²) in [5, 5.41) is 0.947. The van der Waals surface area contributed by atoms with Gasteiger partial charge < -0.3 is 9.15 Å². The number of hydrogen-bond acceptors (Lipinski definition) is 4. The van der Waals surface area contributed by atoms with Crippen molar-refractivity contribution >= 4 is 28.5 Å². The number of benzene rings is 2. The minimum atomic E-state index is -0.517. The lowest BCUT2D eigenvalue weighted by atomic mass is 10.0. The molecule has 0 aliphatic heterocycles. The molecular weight excluding hydrogens is 328 g/mol. The third-order valence-electron chi connectivity index (χ3n) is 3.75. The van der Waals surface area contributed by atoms with Crippen molar-refractivity contribution < 1.29 is 13.9 Å². The van der Waals surface area contributed by atoms with Crippen LogP contribution in [0.3, 0.4) is 0 Å². The lowest BCUT2D eigenvalue weighted by Crippen LogP contribution is -2.11. The predicted octanol–water partition coefficient (Wildman–Crippen LogP) is 4.60. The van der Waals surface area contributed by atoms with Gasteiger partial charge in [-0.2, -0.15) is 0 Å². The highest BCUT2D eigenvalue weighted by molar-refractivity contribution is 6.30. The van der Waals surface area contributed by atoms with Crippen LogP contribution in [0.5, 0.6) is 0 Å². The summed E-state index contributed by atoms with van der Waals surface area (Å²) in [4.78, 5) is 24.8. The molecule has 0 amide bonds. The minimum absolute atomic E-state index is 0.174. The number of halogens is 1. The zero-order chi connectivity index (χ0) is 17.3. The van der Waals surface area contributed by atoms with Crippen molar-refractivity contribution in [2.24, 2.45) is 0 Å². The molecular formula is C19H15ClO4. The van der Waals surface area contributed by atoms with Gasteiger partial charge in [0.2, 0.25) is 0 Å². The van der Waals surface area contributed by atoms with Crippen LogP contribution in [-0.4, -0.2) is 12.6 Å². The molecule has 0 radical (unpaired) electrons. The van der Waals surface area contributed by atoms with Gasteiger partial charge in [0.05, 0.1) is 12.0 Å². The maximum atomic E-state index is 12.7. The average molecular weight is 343 g/mol. The largest absolute Gasteiger partial charge is 0.462 e. The van der Waals surface area contributed by atoms with E-state index in [0.717, 1.165) is 5.56 Å². The third kappa shape index (κ3) is 2.81. The van der Waals surface area contributed by atoms with Gasteiger partial charge in [0, 0.05) is 16.1 Å². The zero-order valence-electron chi connectivity index (χ0n) is 13.3. The van der Waals surface area contributed by atoms with Gasteiger partial charge in [-0.15, -0.1) is 0 Å². The van der Waals surface area contributed by atoms with E-state index in [1.54, 1.807) is 56.3 Å².